The smallest absolute Gasteiger partial charge is 0.375 e. The Hall–Kier alpha value is -0.380. The van der Waals surface area contributed by atoms with Gasteiger partial charge in [0.2, 0.25) is 0 Å². The van der Waals surface area contributed by atoms with Crippen molar-refractivity contribution in [3.63, 3.8) is 0 Å². The Balaban J connectivity index is 3.89. The predicted octanol–water partition coefficient (Wildman–Crippen LogP) is 0.512. The van der Waals surface area contributed by atoms with Crippen LogP contribution in [0.2, 0.25) is 0 Å². The summed E-state index contributed by atoms with van der Waals surface area (Å²) in [5, 5.41) is 0. The molecule has 4 heteroatoms. The molecule has 0 bridgehead atoms. The standard InChI is InChI=1S/C5H7BrO3/c1-3(6)4(7)5(8)9-2/h3H,1-2H3/t3-/m1/s1. The zero-order valence-corrected chi connectivity index (χ0v) is 6.77. The van der Waals surface area contributed by atoms with Crippen molar-refractivity contribution in [2.75, 3.05) is 7.11 Å². The van der Waals surface area contributed by atoms with Gasteiger partial charge in [-0.3, -0.25) is 4.79 Å². The largest absolute Gasteiger partial charge is 0.463 e. The first-order valence-corrected chi connectivity index (χ1v) is 3.27. The van der Waals surface area contributed by atoms with Gasteiger partial charge in [-0.1, -0.05) is 15.9 Å². The molecule has 1 atom stereocenters. The minimum absolute atomic E-state index is 0.454. The van der Waals surface area contributed by atoms with Crippen molar-refractivity contribution in [1.82, 2.24) is 0 Å². The van der Waals surface area contributed by atoms with Crippen LogP contribution in [0, 0.1) is 0 Å². The van der Waals surface area contributed by atoms with E-state index in [0.29, 0.717) is 0 Å². The second-order valence-corrected chi connectivity index (χ2v) is 2.85. The van der Waals surface area contributed by atoms with Gasteiger partial charge in [-0.15, -0.1) is 0 Å². The fourth-order valence-electron chi connectivity index (χ4n) is 0.263. The summed E-state index contributed by atoms with van der Waals surface area (Å²) in [6.45, 7) is 1.57. The minimum atomic E-state index is -0.806. The monoisotopic (exact) mass is 194 g/mol. The predicted molar refractivity (Wildman–Crippen MR) is 35.4 cm³/mol. The van der Waals surface area contributed by atoms with Gasteiger partial charge in [0.25, 0.3) is 5.78 Å². The molecule has 0 unspecified atom stereocenters. The summed E-state index contributed by atoms with van der Waals surface area (Å²) >= 11 is 2.93. The Bertz CT molecular complexity index is 130. The molecule has 0 aliphatic rings. The maximum absolute atomic E-state index is 10.6. The van der Waals surface area contributed by atoms with E-state index in [1.807, 2.05) is 0 Å². The Morgan fingerprint density at radius 2 is 2.00 bits per heavy atom. The lowest BCUT2D eigenvalue weighted by Crippen LogP contribution is -2.22. The van der Waals surface area contributed by atoms with E-state index in [9.17, 15) is 9.59 Å². The zero-order chi connectivity index (χ0) is 7.44. The number of hydrogen-bond donors (Lipinski definition) is 0. The van der Waals surface area contributed by atoms with Crippen molar-refractivity contribution in [3.05, 3.63) is 0 Å². The first-order chi connectivity index (χ1) is 4.09. The number of carbonyl (C=O) groups is 2. The van der Waals surface area contributed by atoms with Crippen LogP contribution in [0.5, 0.6) is 0 Å². The highest BCUT2D eigenvalue weighted by atomic mass is 79.9. The zero-order valence-electron chi connectivity index (χ0n) is 5.18. The number of rotatable bonds is 2. The SMILES string of the molecule is COC(=O)C(=O)[C@@H](C)Br. The van der Waals surface area contributed by atoms with Gasteiger partial charge in [-0.2, -0.15) is 0 Å². The third kappa shape index (κ3) is 2.60. The van der Waals surface area contributed by atoms with E-state index in [4.69, 9.17) is 0 Å². The lowest BCUT2D eigenvalue weighted by Gasteiger charge is -1.97. The molecule has 0 rings (SSSR count). The van der Waals surface area contributed by atoms with E-state index in [1.54, 1.807) is 6.92 Å². The highest BCUT2D eigenvalue weighted by molar-refractivity contribution is 9.10. The fourth-order valence-corrected chi connectivity index (χ4v) is 0.450. The lowest BCUT2D eigenvalue weighted by molar-refractivity contribution is -0.151. The Labute approximate surface area is 61.5 Å². The van der Waals surface area contributed by atoms with E-state index in [2.05, 4.69) is 20.7 Å². The van der Waals surface area contributed by atoms with Crippen molar-refractivity contribution in [2.24, 2.45) is 0 Å². The summed E-state index contributed by atoms with van der Waals surface area (Å²) in [6.07, 6.45) is 0. The molecular weight excluding hydrogens is 188 g/mol. The average Bonchev–Trinajstić information content (AvgIpc) is 1.84. The number of alkyl halides is 1. The molecule has 3 nitrogen and oxygen atoms in total. The van der Waals surface area contributed by atoms with Crippen LogP contribution in [0.25, 0.3) is 0 Å². The van der Waals surface area contributed by atoms with Crippen molar-refractivity contribution in [1.29, 1.82) is 0 Å². The summed E-state index contributed by atoms with van der Waals surface area (Å²) in [7, 11) is 1.18. The van der Waals surface area contributed by atoms with E-state index >= 15 is 0 Å². The van der Waals surface area contributed by atoms with E-state index in [-0.39, 0.29) is 0 Å². The maximum Gasteiger partial charge on any atom is 0.375 e. The third-order valence-electron chi connectivity index (χ3n) is 0.748. The summed E-state index contributed by atoms with van der Waals surface area (Å²) in [4.78, 5) is 20.5. The molecule has 0 heterocycles. The number of hydrogen-bond acceptors (Lipinski definition) is 3. The lowest BCUT2D eigenvalue weighted by atomic mass is 10.3. The van der Waals surface area contributed by atoms with Crippen LogP contribution in [-0.4, -0.2) is 23.7 Å². The van der Waals surface area contributed by atoms with Crippen LogP contribution in [0.1, 0.15) is 6.92 Å². The highest BCUT2D eigenvalue weighted by Crippen LogP contribution is 1.99. The van der Waals surface area contributed by atoms with Crippen LogP contribution in [0.3, 0.4) is 0 Å². The molecule has 0 spiro atoms. The van der Waals surface area contributed by atoms with Crippen LogP contribution in [0.4, 0.5) is 0 Å². The molecule has 0 saturated carbocycles. The number of halogens is 1. The molecular formula is C5H7BrO3. The quantitative estimate of drug-likeness (QED) is 0.366. The van der Waals surface area contributed by atoms with Crippen molar-refractivity contribution in [3.8, 4) is 0 Å². The number of ether oxygens (including phenoxy) is 1. The van der Waals surface area contributed by atoms with Gasteiger partial charge in [0.15, 0.2) is 0 Å². The van der Waals surface area contributed by atoms with Gasteiger partial charge in [-0.05, 0) is 6.92 Å². The molecule has 0 N–H and O–H groups in total. The van der Waals surface area contributed by atoms with Crippen molar-refractivity contribution in [2.45, 2.75) is 11.8 Å². The molecule has 0 radical (unpaired) electrons. The fraction of sp³-hybridized carbons (Fsp3) is 0.600. The van der Waals surface area contributed by atoms with Gasteiger partial charge in [0.05, 0.1) is 11.9 Å². The number of ketones is 1. The van der Waals surface area contributed by atoms with Crippen LogP contribution >= 0.6 is 15.9 Å². The molecule has 0 amide bonds. The number of Topliss-reactive ketones (excluding diaryl/α,β-unsaturated/α-hetero) is 1. The number of esters is 1. The van der Waals surface area contributed by atoms with Crippen LogP contribution < -0.4 is 0 Å². The number of carbonyl (C=O) groups excluding carboxylic acids is 2. The first kappa shape index (κ1) is 8.62. The summed E-state index contributed by atoms with van der Waals surface area (Å²) in [6, 6.07) is 0. The molecule has 0 fully saturated rings. The van der Waals surface area contributed by atoms with Crippen LogP contribution in [0.15, 0.2) is 0 Å². The van der Waals surface area contributed by atoms with E-state index in [0.717, 1.165) is 0 Å². The van der Waals surface area contributed by atoms with Gasteiger partial charge < -0.3 is 4.74 Å². The number of methoxy groups -OCH3 is 1. The molecule has 0 aliphatic carbocycles. The van der Waals surface area contributed by atoms with E-state index in [1.165, 1.54) is 7.11 Å². The Morgan fingerprint density at radius 3 is 2.11 bits per heavy atom. The van der Waals surface area contributed by atoms with Gasteiger partial charge in [0.1, 0.15) is 0 Å². The Morgan fingerprint density at radius 1 is 1.56 bits per heavy atom. The van der Waals surface area contributed by atoms with Crippen LogP contribution in [-0.2, 0) is 14.3 Å². The van der Waals surface area contributed by atoms with Crippen molar-refractivity contribution < 1.29 is 14.3 Å². The molecule has 9 heavy (non-hydrogen) atoms. The van der Waals surface area contributed by atoms with Gasteiger partial charge in [0, 0.05) is 0 Å². The highest BCUT2D eigenvalue weighted by Gasteiger charge is 2.18. The molecule has 0 aromatic carbocycles. The Kier molecular flexibility index (Phi) is 3.46. The summed E-state index contributed by atoms with van der Waals surface area (Å²) in [5.41, 5.74) is 0. The normalized spacial score (nSPS) is 12.3. The second-order valence-electron chi connectivity index (χ2n) is 1.47. The minimum Gasteiger partial charge on any atom is -0.463 e. The molecule has 0 saturated heterocycles. The summed E-state index contributed by atoms with van der Waals surface area (Å²) in [5.74, 6) is -1.36. The van der Waals surface area contributed by atoms with Crippen molar-refractivity contribution >= 4 is 27.7 Å². The second kappa shape index (κ2) is 3.61. The molecule has 0 aliphatic heterocycles. The van der Waals surface area contributed by atoms with Gasteiger partial charge >= 0.3 is 5.97 Å². The van der Waals surface area contributed by atoms with Gasteiger partial charge in [-0.25, -0.2) is 4.79 Å². The van der Waals surface area contributed by atoms with E-state index < -0.39 is 16.6 Å². The first-order valence-electron chi connectivity index (χ1n) is 2.35. The molecule has 52 valence electrons. The topological polar surface area (TPSA) is 43.4 Å². The maximum atomic E-state index is 10.6. The third-order valence-corrected chi connectivity index (χ3v) is 1.16. The summed E-state index contributed by atoms with van der Waals surface area (Å²) < 4.78 is 4.15. The molecule has 0 aromatic rings. The average molecular weight is 195 g/mol. The molecule has 0 aromatic heterocycles.